The van der Waals surface area contributed by atoms with Crippen LogP contribution in [-0.4, -0.2) is 78.3 Å². The van der Waals surface area contributed by atoms with Crippen LogP contribution in [0.1, 0.15) is 25.7 Å². The number of likely N-dealkylation sites (N-methyl/N-ethyl adjacent to an activating group) is 3. The molecule has 0 fully saturated rings. The van der Waals surface area contributed by atoms with E-state index in [0.29, 0.717) is 26.1 Å². The molecule has 0 saturated heterocycles. The lowest BCUT2D eigenvalue weighted by atomic mass is 10.1. The van der Waals surface area contributed by atoms with E-state index >= 15 is 0 Å². The Morgan fingerprint density at radius 3 is 2.12 bits per heavy atom. The van der Waals surface area contributed by atoms with E-state index in [0.717, 1.165) is 25.8 Å². The fourth-order valence-corrected chi connectivity index (χ4v) is 2.38. The van der Waals surface area contributed by atoms with Crippen molar-refractivity contribution in [3.8, 4) is 0 Å². The van der Waals surface area contributed by atoms with E-state index in [9.17, 15) is 9.59 Å². The monoisotopic (exact) mass is 344 g/mol. The molecular formula is C16H36N6O2. The summed E-state index contributed by atoms with van der Waals surface area (Å²) >= 11 is 0. The molecule has 8 heteroatoms. The SMILES string of the molecule is CNCCC[C@@H](CNC(=O)[C@H](CCCNC(=O)CNC)NC)NC. The Morgan fingerprint density at radius 2 is 1.54 bits per heavy atom. The van der Waals surface area contributed by atoms with Crippen LogP contribution in [0.5, 0.6) is 0 Å². The molecule has 2 atom stereocenters. The molecule has 0 unspecified atom stereocenters. The number of carbonyl (C=O) groups excluding carboxylic acids is 2. The third kappa shape index (κ3) is 11.3. The summed E-state index contributed by atoms with van der Waals surface area (Å²) in [6.45, 7) is 2.49. The highest BCUT2D eigenvalue weighted by atomic mass is 16.2. The van der Waals surface area contributed by atoms with Crippen molar-refractivity contribution >= 4 is 11.8 Å². The van der Waals surface area contributed by atoms with Crippen LogP contribution in [0.2, 0.25) is 0 Å². The second-order valence-electron chi connectivity index (χ2n) is 5.84. The first-order chi connectivity index (χ1) is 11.6. The van der Waals surface area contributed by atoms with Crippen LogP contribution in [-0.2, 0) is 9.59 Å². The minimum Gasteiger partial charge on any atom is -0.355 e. The van der Waals surface area contributed by atoms with Gasteiger partial charge in [-0.05, 0) is 60.4 Å². The maximum Gasteiger partial charge on any atom is 0.237 e. The van der Waals surface area contributed by atoms with Crippen molar-refractivity contribution in [3.63, 3.8) is 0 Å². The predicted molar refractivity (Wildman–Crippen MR) is 98.0 cm³/mol. The first-order valence-electron chi connectivity index (χ1n) is 8.77. The Labute approximate surface area is 146 Å². The van der Waals surface area contributed by atoms with Crippen molar-refractivity contribution in [2.24, 2.45) is 0 Å². The van der Waals surface area contributed by atoms with E-state index in [4.69, 9.17) is 0 Å². The van der Waals surface area contributed by atoms with Gasteiger partial charge >= 0.3 is 0 Å². The highest BCUT2D eigenvalue weighted by Crippen LogP contribution is 1.98. The minimum absolute atomic E-state index is 0.00733. The van der Waals surface area contributed by atoms with Gasteiger partial charge in [0.25, 0.3) is 0 Å². The average Bonchev–Trinajstić information content (AvgIpc) is 2.58. The van der Waals surface area contributed by atoms with Gasteiger partial charge in [0, 0.05) is 19.1 Å². The lowest BCUT2D eigenvalue weighted by Gasteiger charge is -2.20. The zero-order valence-corrected chi connectivity index (χ0v) is 15.6. The predicted octanol–water partition coefficient (Wildman–Crippen LogP) is -1.61. The molecule has 0 saturated carbocycles. The molecule has 0 heterocycles. The summed E-state index contributed by atoms with van der Waals surface area (Å²) in [6.07, 6.45) is 3.52. The molecule has 0 rings (SSSR count). The smallest absolute Gasteiger partial charge is 0.237 e. The summed E-state index contributed by atoms with van der Waals surface area (Å²) in [5.41, 5.74) is 0. The van der Waals surface area contributed by atoms with Crippen LogP contribution in [0.25, 0.3) is 0 Å². The molecule has 8 nitrogen and oxygen atoms in total. The number of rotatable bonds is 15. The molecule has 24 heavy (non-hydrogen) atoms. The maximum absolute atomic E-state index is 12.2. The number of carbonyl (C=O) groups is 2. The Bertz CT molecular complexity index is 341. The number of amides is 2. The largest absolute Gasteiger partial charge is 0.355 e. The first-order valence-corrected chi connectivity index (χ1v) is 8.77. The van der Waals surface area contributed by atoms with Crippen LogP contribution < -0.4 is 31.9 Å². The summed E-state index contributed by atoms with van der Waals surface area (Å²) in [4.78, 5) is 23.6. The normalized spacial score (nSPS) is 13.3. The quantitative estimate of drug-likeness (QED) is 0.200. The number of hydrogen-bond acceptors (Lipinski definition) is 6. The molecule has 2 amide bonds. The molecule has 142 valence electrons. The zero-order chi connectivity index (χ0) is 18.2. The van der Waals surface area contributed by atoms with Gasteiger partial charge in [-0.1, -0.05) is 0 Å². The van der Waals surface area contributed by atoms with Crippen LogP contribution >= 0.6 is 0 Å². The number of hydrogen-bond donors (Lipinski definition) is 6. The van der Waals surface area contributed by atoms with Gasteiger partial charge < -0.3 is 31.9 Å². The van der Waals surface area contributed by atoms with Gasteiger partial charge in [0.1, 0.15) is 0 Å². The third-order valence-corrected chi connectivity index (χ3v) is 3.90. The highest BCUT2D eigenvalue weighted by Gasteiger charge is 2.17. The first kappa shape index (κ1) is 22.8. The maximum atomic E-state index is 12.2. The average molecular weight is 345 g/mol. The minimum atomic E-state index is -0.235. The summed E-state index contributed by atoms with van der Waals surface area (Å²) in [7, 11) is 7.37. The van der Waals surface area contributed by atoms with Gasteiger partial charge in [0.15, 0.2) is 0 Å². The van der Waals surface area contributed by atoms with E-state index in [1.54, 1.807) is 14.1 Å². The molecular weight excluding hydrogens is 308 g/mol. The summed E-state index contributed by atoms with van der Waals surface area (Å²) in [5, 5.41) is 18.0. The number of nitrogens with one attached hydrogen (secondary N) is 6. The van der Waals surface area contributed by atoms with Crippen molar-refractivity contribution in [3.05, 3.63) is 0 Å². The summed E-state index contributed by atoms with van der Waals surface area (Å²) in [6, 6.07) is 0.0432. The molecule has 0 aromatic rings. The fraction of sp³-hybridized carbons (Fsp3) is 0.875. The van der Waals surface area contributed by atoms with Gasteiger partial charge in [-0.15, -0.1) is 0 Å². The van der Waals surface area contributed by atoms with Crippen molar-refractivity contribution in [1.82, 2.24) is 31.9 Å². The topological polar surface area (TPSA) is 106 Å². The zero-order valence-electron chi connectivity index (χ0n) is 15.6. The second-order valence-corrected chi connectivity index (χ2v) is 5.84. The lowest BCUT2D eigenvalue weighted by molar-refractivity contribution is -0.123. The van der Waals surface area contributed by atoms with Gasteiger partial charge in [0.05, 0.1) is 12.6 Å². The van der Waals surface area contributed by atoms with Crippen LogP contribution in [0.4, 0.5) is 0 Å². The molecule has 0 aliphatic rings. The Kier molecular flexibility index (Phi) is 14.5. The van der Waals surface area contributed by atoms with E-state index in [1.807, 2.05) is 14.1 Å². The van der Waals surface area contributed by atoms with Crippen molar-refractivity contribution < 1.29 is 9.59 Å². The van der Waals surface area contributed by atoms with E-state index in [2.05, 4.69) is 31.9 Å². The molecule has 0 spiro atoms. The summed E-state index contributed by atoms with van der Waals surface area (Å²) < 4.78 is 0. The van der Waals surface area contributed by atoms with Crippen LogP contribution in [0, 0.1) is 0 Å². The van der Waals surface area contributed by atoms with Crippen molar-refractivity contribution in [1.29, 1.82) is 0 Å². The van der Waals surface area contributed by atoms with Crippen LogP contribution in [0.3, 0.4) is 0 Å². The Hall–Kier alpha value is -1.22. The van der Waals surface area contributed by atoms with Gasteiger partial charge in [-0.25, -0.2) is 0 Å². The van der Waals surface area contributed by atoms with Crippen molar-refractivity contribution in [2.45, 2.75) is 37.8 Å². The molecule has 6 N–H and O–H groups in total. The third-order valence-electron chi connectivity index (χ3n) is 3.90. The summed E-state index contributed by atoms with van der Waals surface area (Å²) in [5.74, 6) is -0.0192. The second kappa shape index (κ2) is 15.3. The Morgan fingerprint density at radius 1 is 0.833 bits per heavy atom. The highest BCUT2D eigenvalue weighted by molar-refractivity contribution is 5.81. The van der Waals surface area contributed by atoms with Crippen LogP contribution in [0.15, 0.2) is 0 Å². The molecule has 0 radical (unpaired) electrons. The molecule has 0 aromatic carbocycles. The molecule has 0 aromatic heterocycles. The lowest BCUT2D eigenvalue weighted by Crippen LogP contribution is -2.47. The fourth-order valence-electron chi connectivity index (χ4n) is 2.38. The Balaban J connectivity index is 3.99. The van der Waals surface area contributed by atoms with E-state index in [1.165, 1.54) is 0 Å². The van der Waals surface area contributed by atoms with Gasteiger partial charge in [-0.2, -0.15) is 0 Å². The van der Waals surface area contributed by atoms with Gasteiger partial charge in [0.2, 0.25) is 11.8 Å². The van der Waals surface area contributed by atoms with Crippen molar-refractivity contribution in [2.75, 3.05) is 54.4 Å². The van der Waals surface area contributed by atoms with Gasteiger partial charge in [-0.3, -0.25) is 9.59 Å². The van der Waals surface area contributed by atoms with E-state index in [-0.39, 0.29) is 23.9 Å². The molecule has 0 aliphatic carbocycles. The van der Waals surface area contributed by atoms with E-state index < -0.39 is 0 Å². The molecule has 0 aliphatic heterocycles. The standard InChI is InChI=1S/C16H36N6O2/c1-17-9-5-7-13(19-3)11-22-16(24)14(20-4)8-6-10-21-15(23)12-18-2/h13-14,17-20H,5-12H2,1-4H3,(H,21,23)(H,22,24)/t13-,14-/m0/s1. The molecule has 0 bridgehead atoms.